The first-order valence-electron chi connectivity index (χ1n) is 13.7. The Bertz CT molecular complexity index is 1200. The summed E-state index contributed by atoms with van der Waals surface area (Å²) in [5.41, 5.74) is 8.07. The molecular formula is C31H44N4O5. The zero-order valence-corrected chi connectivity index (χ0v) is 24.9. The molecule has 0 aliphatic carbocycles. The van der Waals surface area contributed by atoms with Crippen molar-refractivity contribution in [3.05, 3.63) is 65.1 Å². The van der Waals surface area contributed by atoms with Crippen LogP contribution in [0.1, 0.15) is 64.7 Å². The van der Waals surface area contributed by atoms with Crippen LogP contribution in [0.2, 0.25) is 0 Å². The number of ether oxygens (including phenoxy) is 2. The molecular weight excluding hydrogens is 508 g/mol. The van der Waals surface area contributed by atoms with E-state index in [4.69, 9.17) is 25.3 Å². The predicted octanol–water partition coefficient (Wildman–Crippen LogP) is 5.39. The summed E-state index contributed by atoms with van der Waals surface area (Å²) in [5, 5.41) is 9.16. The molecule has 2 saturated heterocycles. The van der Waals surface area contributed by atoms with Crippen molar-refractivity contribution in [2.24, 2.45) is 16.1 Å². The van der Waals surface area contributed by atoms with Crippen LogP contribution < -0.4 is 10.6 Å². The minimum Gasteiger partial charge on any atom is -0.497 e. The number of amides is 1. The summed E-state index contributed by atoms with van der Waals surface area (Å²) in [7, 11) is 1.65. The number of hydrogen-bond donors (Lipinski definition) is 2. The lowest BCUT2D eigenvalue weighted by atomic mass is 9.85. The molecule has 2 aliphatic heterocycles. The van der Waals surface area contributed by atoms with E-state index >= 15 is 0 Å². The Kier molecular flexibility index (Phi) is 9.51. The molecule has 0 unspecified atom stereocenters. The van der Waals surface area contributed by atoms with Crippen molar-refractivity contribution in [2.75, 3.05) is 38.2 Å². The van der Waals surface area contributed by atoms with Gasteiger partial charge in [-0.05, 0) is 64.1 Å². The number of carboxylic acids is 1. The van der Waals surface area contributed by atoms with Gasteiger partial charge in [0.25, 0.3) is 0 Å². The van der Waals surface area contributed by atoms with Crippen molar-refractivity contribution >= 4 is 24.0 Å². The number of nitrogens with zero attached hydrogens (tertiary/aromatic N) is 3. The van der Waals surface area contributed by atoms with E-state index in [-0.39, 0.29) is 11.1 Å². The second-order valence-corrected chi connectivity index (χ2v) is 12.1. The molecule has 2 aliphatic rings. The molecule has 218 valence electrons. The zero-order valence-electron chi connectivity index (χ0n) is 24.9. The molecule has 0 bridgehead atoms. The van der Waals surface area contributed by atoms with Crippen molar-refractivity contribution in [3.63, 3.8) is 0 Å². The van der Waals surface area contributed by atoms with Gasteiger partial charge in [-0.2, -0.15) is 0 Å². The number of allylic oxidation sites excluding steroid dienone is 3. The quantitative estimate of drug-likeness (QED) is 0.240. The first-order valence-corrected chi connectivity index (χ1v) is 13.7. The average Bonchev–Trinajstić information content (AvgIpc) is 3.22. The Balaban J connectivity index is 1.75. The van der Waals surface area contributed by atoms with Gasteiger partial charge < -0.3 is 20.3 Å². The number of carboxylic acid groups (broad SMARTS) is 1. The van der Waals surface area contributed by atoms with Crippen LogP contribution in [0.4, 0.5) is 10.5 Å². The number of likely N-dealkylation sites (tertiary alicyclic amines) is 1. The number of benzene rings is 1. The van der Waals surface area contributed by atoms with Crippen molar-refractivity contribution in [1.82, 2.24) is 4.90 Å². The Hall–Kier alpha value is -3.59. The summed E-state index contributed by atoms with van der Waals surface area (Å²) in [5.74, 6) is -0.233. The van der Waals surface area contributed by atoms with Gasteiger partial charge in [-0.25, -0.2) is 9.59 Å². The van der Waals surface area contributed by atoms with Crippen molar-refractivity contribution < 1.29 is 24.2 Å². The normalized spacial score (nSPS) is 19.4. The predicted molar refractivity (Wildman–Crippen MR) is 159 cm³/mol. The molecule has 3 rings (SSSR count). The number of nitrogens with two attached hydrogens (primary N) is 1. The van der Waals surface area contributed by atoms with E-state index in [1.54, 1.807) is 24.1 Å². The van der Waals surface area contributed by atoms with Crippen LogP contribution in [0.25, 0.3) is 0 Å². The molecule has 2 heterocycles. The maximum Gasteiger partial charge on any atom is 0.415 e. The molecule has 2 fully saturated rings. The minimum atomic E-state index is -1.00. The summed E-state index contributed by atoms with van der Waals surface area (Å²) >= 11 is 0. The van der Waals surface area contributed by atoms with E-state index in [1.165, 1.54) is 12.1 Å². The second-order valence-electron chi connectivity index (χ2n) is 12.1. The SMILES string of the molecule is C/C=C(\C=C/C(C)(C)C(N)=C(C=NC(C)(C)C)CN1CCC2(CC1)CN(c1ccc(C(=O)O)cc1)C(=O)O2)OC. The second kappa shape index (κ2) is 12.3. The van der Waals surface area contributed by atoms with E-state index in [0.29, 0.717) is 31.6 Å². The molecule has 9 heteroatoms. The number of methoxy groups -OCH3 is 1. The van der Waals surface area contributed by atoms with Gasteiger partial charge >= 0.3 is 12.1 Å². The van der Waals surface area contributed by atoms with E-state index in [2.05, 4.69) is 39.5 Å². The number of rotatable bonds is 9. The van der Waals surface area contributed by atoms with Crippen molar-refractivity contribution in [2.45, 2.75) is 65.5 Å². The van der Waals surface area contributed by atoms with Crippen LogP contribution in [0, 0.1) is 5.41 Å². The summed E-state index contributed by atoms with van der Waals surface area (Å²) in [6.07, 6.45) is 8.77. The number of aromatic carboxylic acids is 1. The van der Waals surface area contributed by atoms with Gasteiger partial charge in [0.2, 0.25) is 0 Å². The number of anilines is 1. The van der Waals surface area contributed by atoms with Crippen LogP contribution >= 0.6 is 0 Å². The molecule has 0 saturated carbocycles. The first-order chi connectivity index (χ1) is 18.7. The van der Waals surface area contributed by atoms with Gasteiger partial charge in [0.1, 0.15) is 11.4 Å². The highest BCUT2D eigenvalue weighted by Crippen LogP contribution is 2.36. The highest BCUT2D eigenvalue weighted by Gasteiger charge is 2.47. The van der Waals surface area contributed by atoms with E-state index in [9.17, 15) is 9.59 Å². The summed E-state index contributed by atoms with van der Waals surface area (Å²) in [4.78, 5) is 32.6. The number of hydrogen-bond acceptors (Lipinski definition) is 7. The minimum absolute atomic E-state index is 0.178. The zero-order chi connectivity index (χ0) is 29.7. The highest BCUT2D eigenvalue weighted by molar-refractivity contribution is 5.92. The van der Waals surface area contributed by atoms with E-state index in [1.807, 2.05) is 31.4 Å². The molecule has 0 aromatic heterocycles. The molecule has 40 heavy (non-hydrogen) atoms. The molecule has 3 N–H and O–H groups in total. The maximum atomic E-state index is 12.8. The van der Waals surface area contributed by atoms with Gasteiger partial charge in [0, 0.05) is 61.1 Å². The lowest BCUT2D eigenvalue weighted by molar-refractivity contribution is 0.00323. The monoisotopic (exact) mass is 552 g/mol. The van der Waals surface area contributed by atoms with Gasteiger partial charge in [-0.15, -0.1) is 0 Å². The molecule has 1 aromatic rings. The third kappa shape index (κ3) is 7.75. The molecule has 1 aromatic carbocycles. The van der Waals surface area contributed by atoms with Crippen LogP contribution in [0.3, 0.4) is 0 Å². The third-order valence-electron chi connectivity index (χ3n) is 7.39. The smallest absolute Gasteiger partial charge is 0.415 e. The average molecular weight is 553 g/mol. The fraction of sp³-hybridized carbons (Fsp3) is 0.516. The van der Waals surface area contributed by atoms with Gasteiger partial charge in [-0.3, -0.25) is 14.8 Å². The van der Waals surface area contributed by atoms with Crippen LogP contribution in [-0.2, 0) is 9.47 Å². The highest BCUT2D eigenvalue weighted by atomic mass is 16.6. The number of piperidine rings is 1. The first kappa shape index (κ1) is 30.9. The number of carbonyl (C=O) groups excluding carboxylic acids is 1. The Morgan fingerprint density at radius 2 is 1.80 bits per heavy atom. The van der Waals surface area contributed by atoms with Gasteiger partial charge in [0.05, 0.1) is 24.8 Å². The fourth-order valence-electron chi connectivity index (χ4n) is 4.77. The Labute approximate surface area is 238 Å². The number of carbonyl (C=O) groups is 2. The fourth-order valence-corrected chi connectivity index (χ4v) is 4.77. The standard InChI is InChI=1S/C31H44N4O5/c1-8-25(39-7)13-14-30(5,6)26(32)23(19-33-29(2,3)4)20-34-17-15-31(16-18-34)21-35(28(38)40-31)24-11-9-22(10-12-24)27(36)37/h8-14,19H,15-18,20-21,32H2,1-7H3,(H,36,37)/b14-13-,25-8+,26-23?,33-19?. The molecule has 1 amide bonds. The topological polar surface area (TPSA) is 118 Å². The van der Waals surface area contributed by atoms with Crippen molar-refractivity contribution in [1.29, 1.82) is 0 Å². The third-order valence-corrected chi connectivity index (χ3v) is 7.39. The van der Waals surface area contributed by atoms with Crippen LogP contribution in [0.15, 0.2) is 64.5 Å². The molecule has 0 atom stereocenters. The number of aliphatic imine (C=N–C) groups is 1. The molecule has 0 radical (unpaired) electrons. The lowest BCUT2D eigenvalue weighted by Crippen LogP contribution is -2.47. The van der Waals surface area contributed by atoms with Gasteiger partial charge in [0.15, 0.2) is 0 Å². The maximum absolute atomic E-state index is 12.8. The van der Waals surface area contributed by atoms with Crippen LogP contribution in [-0.4, -0.2) is 72.7 Å². The Morgan fingerprint density at radius 1 is 1.18 bits per heavy atom. The van der Waals surface area contributed by atoms with Crippen molar-refractivity contribution in [3.8, 4) is 0 Å². The molecule has 1 spiro atoms. The van der Waals surface area contributed by atoms with E-state index in [0.717, 1.165) is 30.1 Å². The van der Waals surface area contributed by atoms with E-state index < -0.39 is 23.1 Å². The largest absolute Gasteiger partial charge is 0.497 e. The van der Waals surface area contributed by atoms with Crippen LogP contribution in [0.5, 0.6) is 0 Å². The van der Waals surface area contributed by atoms with Gasteiger partial charge in [-0.1, -0.05) is 19.9 Å². The Morgan fingerprint density at radius 3 is 2.33 bits per heavy atom. The summed E-state index contributed by atoms with van der Waals surface area (Å²) < 4.78 is 11.3. The summed E-state index contributed by atoms with van der Waals surface area (Å²) in [6, 6.07) is 6.30. The molecule has 9 nitrogen and oxygen atoms in total. The lowest BCUT2D eigenvalue weighted by Gasteiger charge is -2.38. The summed E-state index contributed by atoms with van der Waals surface area (Å²) in [6.45, 7) is 14.8.